The number of unbranched alkanes of at least 4 members (excludes halogenated alkanes) is 1. The van der Waals surface area contributed by atoms with E-state index in [1.807, 2.05) is 24.3 Å². The molecular weight excluding hydrogens is 248 g/mol. The summed E-state index contributed by atoms with van der Waals surface area (Å²) < 4.78 is 5.07. The molecule has 0 amide bonds. The number of benzene rings is 1. The van der Waals surface area contributed by atoms with E-state index in [0.29, 0.717) is 5.02 Å². The lowest BCUT2D eigenvalue weighted by Crippen LogP contribution is -2.00. The Morgan fingerprint density at radius 3 is 2.67 bits per heavy atom. The highest BCUT2D eigenvalue weighted by molar-refractivity contribution is 6.30. The molecule has 1 rings (SSSR count). The Morgan fingerprint density at radius 2 is 2.00 bits per heavy atom. The molecule has 0 aliphatic carbocycles. The molecule has 2 nitrogen and oxygen atoms in total. The summed E-state index contributed by atoms with van der Waals surface area (Å²) in [6.07, 6.45) is 9.10. The van der Waals surface area contributed by atoms with Gasteiger partial charge in [-0.25, -0.2) is 4.79 Å². The summed E-state index contributed by atoms with van der Waals surface area (Å²) in [5, 5.41) is 0.672. The number of carbonyl (C=O) groups is 1. The molecule has 0 unspecified atom stereocenters. The van der Waals surface area contributed by atoms with Crippen LogP contribution < -0.4 is 0 Å². The van der Waals surface area contributed by atoms with Crippen LogP contribution in [0.5, 0.6) is 0 Å². The van der Waals surface area contributed by atoms with Gasteiger partial charge >= 0.3 is 5.97 Å². The summed E-state index contributed by atoms with van der Waals surface area (Å²) in [5.41, 5.74) is 0.919. The fourth-order valence-corrected chi connectivity index (χ4v) is 1.38. The van der Waals surface area contributed by atoms with Crippen LogP contribution in [0.4, 0.5) is 0 Å². The first-order valence-electron chi connectivity index (χ1n) is 5.96. The first-order chi connectivity index (χ1) is 8.72. The van der Waals surface area contributed by atoms with Crippen molar-refractivity contribution in [2.45, 2.75) is 26.4 Å². The zero-order chi connectivity index (χ0) is 13.2. The number of rotatable bonds is 6. The molecule has 18 heavy (non-hydrogen) atoms. The number of ether oxygens (including phenoxy) is 1. The Kier molecular flexibility index (Phi) is 6.89. The molecule has 0 saturated heterocycles. The molecule has 0 fully saturated rings. The van der Waals surface area contributed by atoms with E-state index < -0.39 is 0 Å². The molecule has 0 heterocycles. The molecule has 0 N–H and O–H groups in total. The zero-order valence-electron chi connectivity index (χ0n) is 10.4. The fourth-order valence-electron chi connectivity index (χ4n) is 1.26. The van der Waals surface area contributed by atoms with E-state index in [-0.39, 0.29) is 12.6 Å². The van der Waals surface area contributed by atoms with Crippen LogP contribution in [0.15, 0.2) is 48.6 Å². The van der Waals surface area contributed by atoms with Crippen molar-refractivity contribution in [1.82, 2.24) is 0 Å². The Hall–Kier alpha value is -1.54. The van der Waals surface area contributed by atoms with Gasteiger partial charge in [0.2, 0.25) is 0 Å². The molecule has 1 aromatic rings. The number of halogens is 1. The summed E-state index contributed by atoms with van der Waals surface area (Å²) in [7, 11) is 0. The van der Waals surface area contributed by atoms with Gasteiger partial charge in [-0.2, -0.15) is 0 Å². The third-order valence-corrected chi connectivity index (χ3v) is 2.48. The molecule has 0 saturated carbocycles. The van der Waals surface area contributed by atoms with Crippen molar-refractivity contribution >= 4 is 17.6 Å². The van der Waals surface area contributed by atoms with E-state index >= 15 is 0 Å². The van der Waals surface area contributed by atoms with Gasteiger partial charge in [0.25, 0.3) is 0 Å². The molecule has 0 atom stereocenters. The van der Waals surface area contributed by atoms with Gasteiger partial charge in [0.05, 0.1) is 0 Å². The van der Waals surface area contributed by atoms with Gasteiger partial charge in [-0.15, -0.1) is 0 Å². The molecule has 0 aromatic heterocycles. The molecule has 0 bridgehead atoms. The van der Waals surface area contributed by atoms with Crippen molar-refractivity contribution < 1.29 is 9.53 Å². The van der Waals surface area contributed by atoms with Crippen molar-refractivity contribution in [2.24, 2.45) is 0 Å². The lowest BCUT2D eigenvalue weighted by atomic mass is 10.2. The van der Waals surface area contributed by atoms with Gasteiger partial charge in [0.15, 0.2) is 0 Å². The second-order valence-corrected chi connectivity index (χ2v) is 4.25. The van der Waals surface area contributed by atoms with Gasteiger partial charge in [-0.1, -0.05) is 55.3 Å². The molecule has 1 aromatic carbocycles. The lowest BCUT2D eigenvalue weighted by Gasteiger charge is -2.01. The molecule has 96 valence electrons. The monoisotopic (exact) mass is 264 g/mol. The molecule has 0 aliphatic heterocycles. The molecule has 0 spiro atoms. The molecule has 0 radical (unpaired) electrons. The van der Waals surface area contributed by atoms with Gasteiger partial charge in [0.1, 0.15) is 6.61 Å². The number of carbonyl (C=O) groups excluding carboxylic acids is 1. The standard InChI is InChI=1S/C15H17ClO2/c1-2-3-4-5-6-7-15(17)18-12-13-8-10-14(16)11-9-13/h4-11H,2-3,12H2,1H3/b5-4+,7-6+. The summed E-state index contributed by atoms with van der Waals surface area (Å²) in [6, 6.07) is 7.21. The predicted octanol–water partition coefficient (Wildman–Crippen LogP) is 4.30. The van der Waals surface area contributed by atoms with Crippen LogP contribution in [-0.4, -0.2) is 5.97 Å². The first-order valence-corrected chi connectivity index (χ1v) is 6.34. The third kappa shape index (κ3) is 6.26. The molecule has 3 heteroatoms. The van der Waals surface area contributed by atoms with Crippen molar-refractivity contribution in [3.05, 3.63) is 59.2 Å². The van der Waals surface area contributed by atoms with Crippen LogP contribution in [0, 0.1) is 0 Å². The Bertz CT molecular complexity index is 419. The Labute approximate surface area is 113 Å². The number of hydrogen-bond acceptors (Lipinski definition) is 2. The topological polar surface area (TPSA) is 26.3 Å². The lowest BCUT2D eigenvalue weighted by molar-refractivity contribution is -0.139. The quantitative estimate of drug-likeness (QED) is 0.435. The number of allylic oxidation sites excluding steroid dienone is 3. The van der Waals surface area contributed by atoms with Gasteiger partial charge in [0, 0.05) is 11.1 Å². The van der Waals surface area contributed by atoms with E-state index in [2.05, 4.69) is 6.92 Å². The van der Waals surface area contributed by atoms with Gasteiger partial charge < -0.3 is 4.74 Å². The van der Waals surface area contributed by atoms with E-state index in [1.54, 1.807) is 18.2 Å². The molecule has 0 aliphatic rings. The highest BCUT2D eigenvalue weighted by Gasteiger charge is 1.98. The van der Waals surface area contributed by atoms with E-state index in [0.717, 1.165) is 18.4 Å². The van der Waals surface area contributed by atoms with Crippen LogP contribution in [0.2, 0.25) is 5.02 Å². The van der Waals surface area contributed by atoms with Crippen molar-refractivity contribution in [1.29, 1.82) is 0 Å². The van der Waals surface area contributed by atoms with E-state index in [4.69, 9.17) is 16.3 Å². The Morgan fingerprint density at radius 1 is 1.28 bits per heavy atom. The summed E-state index contributed by atoms with van der Waals surface area (Å²) >= 11 is 5.76. The highest BCUT2D eigenvalue weighted by atomic mass is 35.5. The highest BCUT2D eigenvalue weighted by Crippen LogP contribution is 2.10. The van der Waals surface area contributed by atoms with Crippen LogP contribution in [-0.2, 0) is 16.1 Å². The van der Waals surface area contributed by atoms with Crippen LogP contribution in [0.3, 0.4) is 0 Å². The Balaban J connectivity index is 2.30. The summed E-state index contributed by atoms with van der Waals surface area (Å²) in [4.78, 5) is 11.3. The average Bonchev–Trinajstić information content (AvgIpc) is 2.38. The number of esters is 1. The average molecular weight is 265 g/mol. The van der Waals surface area contributed by atoms with Crippen LogP contribution in [0.25, 0.3) is 0 Å². The SMILES string of the molecule is CCC/C=C/C=C/C(=O)OCc1ccc(Cl)cc1. The summed E-state index contributed by atoms with van der Waals surface area (Å²) in [6.45, 7) is 2.37. The van der Waals surface area contributed by atoms with Gasteiger partial charge in [-0.05, 0) is 24.1 Å². The third-order valence-electron chi connectivity index (χ3n) is 2.23. The largest absolute Gasteiger partial charge is 0.458 e. The first kappa shape index (κ1) is 14.5. The van der Waals surface area contributed by atoms with Crippen molar-refractivity contribution in [2.75, 3.05) is 0 Å². The normalized spacial score (nSPS) is 11.2. The van der Waals surface area contributed by atoms with E-state index in [9.17, 15) is 4.79 Å². The van der Waals surface area contributed by atoms with E-state index in [1.165, 1.54) is 6.08 Å². The predicted molar refractivity (Wildman–Crippen MR) is 74.4 cm³/mol. The molecular formula is C15H17ClO2. The minimum absolute atomic E-state index is 0.263. The van der Waals surface area contributed by atoms with Crippen LogP contribution >= 0.6 is 11.6 Å². The number of hydrogen-bond donors (Lipinski definition) is 0. The smallest absolute Gasteiger partial charge is 0.331 e. The maximum absolute atomic E-state index is 11.3. The van der Waals surface area contributed by atoms with Gasteiger partial charge in [-0.3, -0.25) is 0 Å². The zero-order valence-corrected chi connectivity index (χ0v) is 11.2. The van der Waals surface area contributed by atoms with Crippen molar-refractivity contribution in [3.63, 3.8) is 0 Å². The minimum Gasteiger partial charge on any atom is -0.458 e. The maximum Gasteiger partial charge on any atom is 0.331 e. The van der Waals surface area contributed by atoms with Crippen LogP contribution in [0.1, 0.15) is 25.3 Å². The van der Waals surface area contributed by atoms with Crippen molar-refractivity contribution in [3.8, 4) is 0 Å². The second kappa shape index (κ2) is 8.54. The minimum atomic E-state index is -0.342. The fraction of sp³-hybridized carbons (Fsp3) is 0.267. The second-order valence-electron chi connectivity index (χ2n) is 3.81. The maximum atomic E-state index is 11.3. The summed E-state index contributed by atoms with van der Waals surface area (Å²) in [5.74, 6) is -0.342.